The van der Waals surface area contributed by atoms with Crippen molar-refractivity contribution in [2.75, 3.05) is 6.61 Å². The summed E-state index contributed by atoms with van der Waals surface area (Å²) < 4.78 is 5.16. The minimum atomic E-state index is 0.314. The monoisotopic (exact) mass is 232 g/mol. The first kappa shape index (κ1) is 13.3. The number of hydrogen-bond donors (Lipinski definition) is 0. The molecule has 0 fully saturated rings. The lowest BCUT2D eigenvalue weighted by Crippen LogP contribution is -1.89. The van der Waals surface area contributed by atoms with Gasteiger partial charge in [-0.05, 0) is 24.1 Å². The fraction of sp³-hybridized carbons (Fsp3) is 0.273. The van der Waals surface area contributed by atoms with Crippen LogP contribution >= 0.6 is 23.2 Å². The number of hydrogen-bond acceptors (Lipinski definition) is 1. The van der Waals surface area contributed by atoms with Crippen LogP contribution in [0.15, 0.2) is 47.2 Å². The van der Waals surface area contributed by atoms with Gasteiger partial charge in [-0.25, -0.2) is 0 Å². The van der Waals surface area contributed by atoms with Crippen LogP contribution in [-0.2, 0) is 4.74 Å². The molecule has 14 heavy (non-hydrogen) atoms. The fourth-order valence-electron chi connectivity index (χ4n) is 0.538. The molecule has 0 bridgehead atoms. The van der Waals surface area contributed by atoms with E-state index in [0.717, 1.165) is 12.0 Å². The van der Waals surface area contributed by atoms with Crippen LogP contribution in [0.5, 0.6) is 0 Å². The van der Waals surface area contributed by atoms with E-state index in [0.29, 0.717) is 16.7 Å². The van der Waals surface area contributed by atoms with Crippen molar-refractivity contribution < 1.29 is 4.74 Å². The molecule has 0 radical (unpaired) electrons. The fourth-order valence-corrected chi connectivity index (χ4v) is 0.674. The zero-order valence-electron chi connectivity index (χ0n) is 8.22. The molecule has 0 aromatic heterocycles. The highest BCUT2D eigenvalue weighted by atomic mass is 35.5. The molecule has 0 atom stereocenters. The molecule has 3 heteroatoms. The molecule has 78 valence electrons. The molecule has 0 unspecified atom stereocenters. The van der Waals surface area contributed by atoms with Crippen LogP contribution in [0.2, 0.25) is 0 Å². The van der Waals surface area contributed by atoms with Gasteiger partial charge in [-0.3, -0.25) is 0 Å². The molecular weight excluding hydrogens is 219 g/mol. The second-order valence-corrected chi connectivity index (χ2v) is 3.53. The standard InChI is InChI=1S/C11H14Cl2O/c1-4-9(2)8-14-7-5-6-11(13)10(3)12/h5-7H,2-4,8H2,1H3/b7-5+,11-6+. The van der Waals surface area contributed by atoms with E-state index in [9.17, 15) is 0 Å². The van der Waals surface area contributed by atoms with Crippen LogP contribution in [-0.4, -0.2) is 6.61 Å². The molecule has 0 amide bonds. The maximum absolute atomic E-state index is 5.69. The van der Waals surface area contributed by atoms with E-state index < -0.39 is 0 Å². The average molecular weight is 233 g/mol. The summed E-state index contributed by atoms with van der Waals surface area (Å²) in [4.78, 5) is 0. The minimum absolute atomic E-state index is 0.314. The molecule has 0 spiro atoms. The Kier molecular flexibility index (Phi) is 7.35. The molecule has 1 nitrogen and oxygen atoms in total. The lowest BCUT2D eigenvalue weighted by atomic mass is 10.2. The third-order valence-corrected chi connectivity index (χ3v) is 2.12. The predicted molar refractivity (Wildman–Crippen MR) is 63.5 cm³/mol. The summed E-state index contributed by atoms with van der Waals surface area (Å²) >= 11 is 11.2. The van der Waals surface area contributed by atoms with E-state index in [2.05, 4.69) is 13.2 Å². The van der Waals surface area contributed by atoms with Gasteiger partial charge in [0.05, 0.1) is 16.3 Å². The van der Waals surface area contributed by atoms with Crippen molar-refractivity contribution in [1.29, 1.82) is 0 Å². The first-order valence-corrected chi connectivity index (χ1v) is 4.98. The number of ether oxygens (including phenoxy) is 1. The van der Waals surface area contributed by atoms with Crippen LogP contribution < -0.4 is 0 Å². The summed E-state index contributed by atoms with van der Waals surface area (Å²) in [6, 6.07) is 0. The maximum Gasteiger partial charge on any atom is 0.108 e. The van der Waals surface area contributed by atoms with Crippen molar-refractivity contribution in [3.05, 3.63) is 47.2 Å². The Morgan fingerprint density at radius 2 is 2.00 bits per heavy atom. The summed E-state index contributed by atoms with van der Waals surface area (Å²) in [6.45, 7) is 9.83. The highest BCUT2D eigenvalue weighted by Gasteiger charge is 1.91. The van der Waals surface area contributed by atoms with Gasteiger partial charge in [-0.2, -0.15) is 0 Å². The normalized spacial score (nSPS) is 11.8. The average Bonchev–Trinajstić information content (AvgIpc) is 2.16. The summed E-state index contributed by atoms with van der Waals surface area (Å²) in [5.41, 5.74) is 1.05. The van der Waals surface area contributed by atoms with Crippen molar-refractivity contribution in [3.8, 4) is 0 Å². The zero-order chi connectivity index (χ0) is 11.0. The Morgan fingerprint density at radius 3 is 2.50 bits per heavy atom. The lowest BCUT2D eigenvalue weighted by Gasteiger charge is -2.00. The van der Waals surface area contributed by atoms with Crippen LogP contribution in [0.4, 0.5) is 0 Å². The van der Waals surface area contributed by atoms with Crippen molar-refractivity contribution in [3.63, 3.8) is 0 Å². The Bertz CT molecular complexity index is 264. The zero-order valence-corrected chi connectivity index (χ0v) is 9.74. The van der Waals surface area contributed by atoms with Crippen molar-refractivity contribution in [2.24, 2.45) is 0 Å². The van der Waals surface area contributed by atoms with Gasteiger partial charge >= 0.3 is 0 Å². The first-order valence-electron chi connectivity index (χ1n) is 4.23. The van der Waals surface area contributed by atoms with Gasteiger partial charge < -0.3 is 4.74 Å². The Balaban J connectivity index is 3.80. The van der Waals surface area contributed by atoms with Gasteiger partial charge in [-0.15, -0.1) is 0 Å². The second-order valence-electron chi connectivity index (χ2n) is 2.66. The Labute approximate surface area is 95.4 Å². The van der Waals surface area contributed by atoms with Gasteiger partial charge in [0.15, 0.2) is 0 Å². The SMILES string of the molecule is C=C(CC)CO/C=C/C=C(/Cl)C(=C)Cl. The molecule has 0 aliphatic heterocycles. The number of allylic oxidation sites excluding steroid dienone is 4. The highest BCUT2D eigenvalue weighted by molar-refractivity contribution is 6.43. The van der Waals surface area contributed by atoms with Crippen LogP contribution in [0, 0.1) is 0 Å². The predicted octanol–water partition coefficient (Wildman–Crippen LogP) is 4.36. The van der Waals surface area contributed by atoms with Crippen molar-refractivity contribution in [2.45, 2.75) is 13.3 Å². The first-order chi connectivity index (χ1) is 6.57. The highest BCUT2D eigenvalue weighted by Crippen LogP contribution is 2.15. The van der Waals surface area contributed by atoms with E-state index in [4.69, 9.17) is 27.9 Å². The van der Waals surface area contributed by atoms with Gasteiger partial charge in [0.25, 0.3) is 0 Å². The molecule has 0 aliphatic carbocycles. The van der Waals surface area contributed by atoms with E-state index in [1.165, 1.54) is 0 Å². The van der Waals surface area contributed by atoms with Crippen LogP contribution in [0.1, 0.15) is 13.3 Å². The van der Waals surface area contributed by atoms with Gasteiger partial charge in [0.1, 0.15) is 6.61 Å². The summed E-state index contributed by atoms with van der Waals surface area (Å²) in [6.07, 6.45) is 5.75. The molecule has 0 rings (SSSR count). The summed E-state index contributed by atoms with van der Waals surface area (Å²) in [5, 5.41) is 0.718. The van der Waals surface area contributed by atoms with E-state index in [1.54, 1.807) is 18.4 Å². The van der Waals surface area contributed by atoms with Crippen LogP contribution in [0.25, 0.3) is 0 Å². The van der Waals surface area contributed by atoms with Gasteiger partial charge in [-0.1, -0.05) is 43.3 Å². The molecule has 0 aromatic rings. The van der Waals surface area contributed by atoms with E-state index >= 15 is 0 Å². The molecule has 0 heterocycles. The van der Waals surface area contributed by atoms with Gasteiger partial charge in [0.2, 0.25) is 0 Å². The molecule has 0 N–H and O–H groups in total. The summed E-state index contributed by atoms with van der Waals surface area (Å²) in [5.74, 6) is 0. The second kappa shape index (κ2) is 7.72. The van der Waals surface area contributed by atoms with Crippen LogP contribution in [0.3, 0.4) is 0 Å². The smallest absolute Gasteiger partial charge is 0.108 e. The maximum atomic E-state index is 5.69. The topological polar surface area (TPSA) is 9.23 Å². The van der Waals surface area contributed by atoms with Crippen molar-refractivity contribution in [1.82, 2.24) is 0 Å². The third-order valence-electron chi connectivity index (χ3n) is 1.46. The van der Waals surface area contributed by atoms with E-state index in [-0.39, 0.29) is 0 Å². The third kappa shape index (κ3) is 6.81. The summed E-state index contributed by atoms with van der Waals surface area (Å²) in [7, 11) is 0. The molecule has 0 saturated heterocycles. The molecule has 0 aliphatic rings. The van der Waals surface area contributed by atoms with Crippen molar-refractivity contribution >= 4 is 23.2 Å². The lowest BCUT2D eigenvalue weighted by molar-refractivity contribution is 0.278. The Hall–Kier alpha value is -0.660. The number of rotatable bonds is 6. The van der Waals surface area contributed by atoms with Gasteiger partial charge in [0, 0.05) is 0 Å². The molecular formula is C11H14Cl2O. The molecule has 0 saturated carbocycles. The molecule has 0 aromatic carbocycles. The Morgan fingerprint density at radius 1 is 1.36 bits per heavy atom. The minimum Gasteiger partial charge on any atom is -0.497 e. The van der Waals surface area contributed by atoms with E-state index in [1.807, 2.05) is 6.92 Å². The number of halogens is 2. The quantitative estimate of drug-likeness (QED) is 0.376. The largest absolute Gasteiger partial charge is 0.497 e.